The third-order valence-corrected chi connectivity index (χ3v) is 4.17. The summed E-state index contributed by atoms with van der Waals surface area (Å²) in [5.74, 6) is -2.69. The number of aliphatic hydroxyl groups excluding tert-OH is 1. The number of benzene rings is 2. The molecule has 3 rings (SSSR count). The van der Waals surface area contributed by atoms with E-state index in [0.29, 0.717) is 12.0 Å². The standard InChI is InChI=1S/C19H18F2O/c20-19(21)11-10-18(17(12-19)13-22)16-8-6-15(7-9-16)14-4-2-1-3-5-14/h1-9,22H,10-13H2. The van der Waals surface area contributed by atoms with Crippen molar-refractivity contribution in [3.63, 3.8) is 0 Å². The Morgan fingerprint density at radius 2 is 1.45 bits per heavy atom. The van der Waals surface area contributed by atoms with Crippen molar-refractivity contribution < 1.29 is 13.9 Å². The summed E-state index contributed by atoms with van der Waals surface area (Å²) in [5.41, 5.74) is 4.48. The number of allylic oxidation sites excluding steroid dienone is 1. The van der Waals surface area contributed by atoms with Crippen molar-refractivity contribution in [3.8, 4) is 11.1 Å². The maximum Gasteiger partial charge on any atom is 0.252 e. The molecule has 1 nitrogen and oxygen atoms in total. The van der Waals surface area contributed by atoms with Crippen molar-refractivity contribution in [2.75, 3.05) is 6.61 Å². The van der Waals surface area contributed by atoms with Crippen LogP contribution in [0.5, 0.6) is 0 Å². The number of rotatable bonds is 3. The minimum absolute atomic E-state index is 0.147. The molecule has 2 aromatic rings. The first kappa shape index (κ1) is 14.9. The lowest BCUT2D eigenvalue weighted by Crippen LogP contribution is -2.23. The van der Waals surface area contributed by atoms with Gasteiger partial charge in [0, 0.05) is 12.8 Å². The fourth-order valence-corrected chi connectivity index (χ4v) is 2.99. The smallest absolute Gasteiger partial charge is 0.252 e. The van der Waals surface area contributed by atoms with E-state index in [9.17, 15) is 13.9 Å². The Balaban J connectivity index is 1.91. The average molecular weight is 300 g/mol. The third kappa shape index (κ3) is 3.09. The van der Waals surface area contributed by atoms with Gasteiger partial charge in [0.25, 0.3) is 5.92 Å². The van der Waals surface area contributed by atoms with Gasteiger partial charge in [0.2, 0.25) is 0 Å². The Kier molecular flexibility index (Phi) is 4.08. The van der Waals surface area contributed by atoms with Gasteiger partial charge in [-0.05, 0) is 34.3 Å². The van der Waals surface area contributed by atoms with E-state index in [2.05, 4.69) is 0 Å². The van der Waals surface area contributed by atoms with Gasteiger partial charge < -0.3 is 5.11 Å². The summed E-state index contributed by atoms with van der Waals surface area (Å²) in [6, 6.07) is 17.9. The van der Waals surface area contributed by atoms with Crippen LogP contribution in [-0.4, -0.2) is 17.6 Å². The van der Waals surface area contributed by atoms with Crippen LogP contribution in [0.15, 0.2) is 60.2 Å². The molecule has 0 heterocycles. The lowest BCUT2D eigenvalue weighted by molar-refractivity contribution is -0.0116. The Labute approximate surface area is 128 Å². The van der Waals surface area contributed by atoms with Crippen LogP contribution in [0.1, 0.15) is 24.8 Å². The molecule has 0 saturated heterocycles. The molecular weight excluding hydrogens is 282 g/mol. The zero-order valence-electron chi connectivity index (χ0n) is 12.2. The quantitative estimate of drug-likeness (QED) is 0.853. The first-order valence-electron chi connectivity index (χ1n) is 7.44. The van der Waals surface area contributed by atoms with E-state index < -0.39 is 5.92 Å². The lowest BCUT2D eigenvalue weighted by atomic mass is 9.85. The molecule has 0 atom stereocenters. The van der Waals surface area contributed by atoms with Gasteiger partial charge in [0.1, 0.15) is 0 Å². The molecule has 0 bridgehead atoms. The molecule has 0 aliphatic heterocycles. The van der Waals surface area contributed by atoms with Crippen LogP contribution in [0.3, 0.4) is 0 Å². The Morgan fingerprint density at radius 3 is 2.09 bits per heavy atom. The van der Waals surface area contributed by atoms with Gasteiger partial charge in [0.15, 0.2) is 0 Å². The molecular formula is C19H18F2O. The van der Waals surface area contributed by atoms with Gasteiger partial charge >= 0.3 is 0 Å². The predicted octanol–water partition coefficient (Wildman–Crippen LogP) is 4.92. The number of alkyl halides is 2. The summed E-state index contributed by atoms with van der Waals surface area (Å²) in [7, 11) is 0. The molecule has 1 aliphatic rings. The number of hydrogen-bond acceptors (Lipinski definition) is 1. The molecule has 0 amide bonds. The highest BCUT2D eigenvalue weighted by Crippen LogP contribution is 2.40. The number of halogens is 2. The zero-order chi connectivity index (χ0) is 15.6. The van der Waals surface area contributed by atoms with Crippen LogP contribution in [0.2, 0.25) is 0 Å². The molecule has 3 heteroatoms. The fraction of sp³-hybridized carbons (Fsp3) is 0.263. The third-order valence-electron chi connectivity index (χ3n) is 4.17. The van der Waals surface area contributed by atoms with E-state index in [4.69, 9.17) is 0 Å². The molecule has 0 fully saturated rings. The van der Waals surface area contributed by atoms with Gasteiger partial charge in [0.05, 0.1) is 6.61 Å². The van der Waals surface area contributed by atoms with Gasteiger partial charge in [-0.25, -0.2) is 8.78 Å². The van der Waals surface area contributed by atoms with Crippen LogP contribution in [-0.2, 0) is 0 Å². The fourth-order valence-electron chi connectivity index (χ4n) is 2.99. The SMILES string of the molecule is OCC1=C(c2ccc(-c3ccccc3)cc2)CCC(F)(F)C1. The largest absolute Gasteiger partial charge is 0.392 e. The maximum atomic E-state index is 13.5. The molecule has 22 heavy (non-hydrogen) atoms. The number of aliphatic hydroxyl groups is 1. The van der Waals surface area contributed by atoms with E-state index in [0.717, 1.165) is 22.3 Å². The summed E-state index contributed by atoms with van der Waals surface area (Å²) in [5, 5.41) is 9.40. The minimum Gasteiger partial charge on any atom is -0.392 e. The lowest BCUT2D eigenvalue weighted by Gasteiger charge is -2.26. The van der Waals surface area contributed by atoms with E-state index in [1.807, 2.05) is 54.6 Å². The van der Waals surface area contributed by atoms with Crippen molar-refractivity contribution in [2.45, 2.75) is 25.2 Å². The Hall–Kier alpha value is -2.00. The van der Waals surface area contributed by atoms with E-state index in [1.54, 1.807) is 0 Å². The Morgan fingerprint density at radius 1 is 0.864 bits per heavy atom. The van der Waals surface area contributed by atoms with Crippen molar-refractivity contribution in [1.29, 1.82) is 0 Å². The van der Waals surface area contributed by atoms with E-state index in [1.165, 1.54) is 0 Å². The second-order valence-electron chi connectivity index (χ2n) is 5.72. The molecule has 0 spiro atoms. The molecule has 0 radical (unpaired) electrons. The summed E-state index contributed by atoms with van der Waals surface area (Å²) in [4.78, 5) is 0. The van der Waals surface area contributed by atoms with Crippen LogP contribution >= 0.6 is 0 Å². The van der Waals surface area contributed by atoms with Crippen LogP contribution < -0.4 is 0 Å². The first-order valence-corrected chi connectivity index (χ1v) is 7.44. The highest BCUT2D eigenvalue weighted by Gasteiger charge is 2.35. The summed E-state index contributed by atoms with van der Waals surface area (Å²) in [6.45, 7) is -0.300. The molecule has 2 aromatic carbocycles. The van der Waals surface area contributed by atoms with Gasteiger partial charge in [-0.1, -0.05) is 54.6 Å². The van der Waals surface area contributed by atoms with E-state index in [-0.39, 0.29) is 19.4 Å². The van der Waals surface area contributed by atoms with Crippen molar-refractivity contribution in [3.05, 3.63) is 65.7 Å². The second-order valence-corrected chi connectivity index (χ2v) is 5.72. The zero-order valence-corrected chi connectivity index (χ0v) is 12.2. The molecule has 114 valence electrons. The monoisotopic (exact) mass is 300 g/mol. The van der Waals surface area contributed by atoms with Crippen LogP contribution in [0.25, 0.3) is 16.7 Å². The molecule has 0 saturated carbocycles. The normalized spacial score (nSPS) is 17.6. The predicted molar refractivity (Wildman–Crippen MR) is 84.7 cm³/mol. The van der Waals surface area contributed by atoms with Crippen molar-refractivity contribution >= 4 is 5.57 Å². The van der Waals surface area contributed by atoms with Gasteiger partial charge in [-0.3, -0.25) is 0 Å². The second kappa shape index (κ2) is 6.01. The summed E-state index contributed by atoms with van der Waals surface area (Å²) in [6.07, 6.45) is -0.168. The maximum absolute atomic E-state index is 13.5. The van der Waals surface area contributed by atoms with Gasteiger partial charge in [-0.2, -0.15) is 0 Å². The highest BCUT2D eigenvalue weighted by molar-refractivity contribution is 5.73. The molecule has 1 aliphatic carbocycles. The van der Waals surface area contributed by atoms with Crippen molar-refractivity contribution in [2.24, 2.45) is 0 Å². The average Bonchev–Trinajstić information content (AvgIpc) is 2.55. The van der Waals surface area contributed by atoms with Crippen LogP contribution in [0.4, 0.5) is 8.78 Å². The molecule has 0 unspecified atom stereocenters. The Bertz CT molecular complexity index is 672. The topological polar surface area (TPSA) is 20.2 Å². The molecule has 0 aromatic heterocycles. The number of hydrogen-bond donors (Lipinski definition) is 1. The summed E-state index contributed by atoms with van der Waals surface area (Å²) < 4.78 is 26.9. The first-order chi connectivity index (χ1) is 10.6. The molecule has 1 N–H and O–H groups in total. The van der Waals surface area contributed by atoms with Crippen molar-refractivity contribution in [1.82, 2.24) is 0 Å². The van der Waals surface area contributed by atoms with Gasteiger partial charge in [-0.15, -0.1) is 0 Å². The summed E-state index contributed by atoms with van der Waals surface area (Å²) >= 11 is 0. The minimum atomic E-state index is -2.69. The van der Waals surface area contributed by atoms with E-state index >= 15 is 0 Å². The van der Waals surface area contributed by atoms with Crippen LogP contribution in [0, 0.1) is 0 Å². The highest BCUT2D eigenvalue weighted by atomic mass is 19.3.